The lowest BCUT2D eigenvalue weighted by atomic mass is 10.1. The van der Waals surface area contributed by atoms with Gasteiger partial charge < -0.3 is 5.32 Å². The molecule has 0 radical (unpaired) electrons. The minimum absolute atomic E-state index is 0.00866. The Labute approximate surface area is 67.2 Å². The van der Waals surface area contributed by atoms with Gasteiger partial charge in [-0.2, -0.15) is 0 Å². The van der Waals surface area contributed by atoms with E-state index in [4.69, 9.17) is 0 Å². The maximum Gasteiger partial charge on any atom is 0.143 e. The molecule has 0 saturated heterocycles. The predicted octanol–water partition coefficient (Wildman–Crippen LogP) is 0.390. The fourth-order valence-electron chi connectivity index (χ4n) is 0.608. The summed E-state index contributed by atoms with van der Waals surface area (Å²) in [5.41, 5.74) is 0. The van der Waals surface area contributed by atoms with Crippen LogP contribution in [0, 0.1) is 5.92 Å². The number of carbonyl (C=O) groups excluding carboxylic acids is 2. The fourth-order valence-corrected chi connectivity index (χ4v) is 0.608. The van der Waals surface area contributed by atoms with Crippen molar-refractivity contribution in [1.82, 2.24) is 5.32 Å². The van der Waals surface area contributed by atoms with Crippen molar-refractivity contribution in [3.05, 3.63) is 0 Å². The highest BCUT2D eigenvalue weighted by Crippen LogP contribution is 1.92. The Morgan fingerprint density at radius 3 is 2.27 bits per heavy atom. The van der Waals surface area contributed by atoms with E-state index in [1.54, 1.807) is 6.92 Å². The monoisotopic (exact) mass is 157 g/mol. The van der Waals surface area contributed by atoms with E-state index in [-0.39, 0.29) is 17.5 Å². The molecule has 1 N–H and O–H groups in total. The molecule has 0 aromatic heterocycles. The SMILES string of the molecule is CC(=O)CNCC(C)C(C)=O. The summed E-state index contributed by atoms with van der Waals surface area (Å²) in [7, 11) is 0. The number of hydrogen-bond acceptors (Lipinski definition) is 3. The Hall–Kier alpha value is -0.700. The maximum absolute atomic E-state index is 10.7. The van der Waals surface area contributed by atoms with Gasteiger partial charge in [-0.05, 0) is 13.8 Å². The number of carbonyl (C=O) groups is 2. The lowest BCUT2D eigenvalue weighted by Gasteiger charge is -2.06. The molecule has 1 atom stereocenters. The number of nitrogens with one attached hydrogen (secondary N) is 1. The Balaban J connectivity index is 3.39. The first-order valence-electron chi connectivity index (χ1n) is 3.74. The third-order valence-corrected chi connectivity index (χ3v) is 1.52. The molecule has 0 bridgehead atoms. The molecule has 0 amide bonds. The van der Waals surface area contributed by atoms with Crippen LogP contribution in [0.5, 0.6) is 0 Å². The van der Waals surface area contributed by atoms with Gasteiger partial charge in [0.25, 0.3) is 0 Å². The summed E-state index contributed by atoms with van der Waals surface area (Å²) in [6.45, 7) is 5.87. The fraction of sp³-hybridized carbons (Fsp3) is 0.750. The first-order chi connectivity index (χ1) is 5.04. The van der Waals surface area contributed by atoms with E-state index in [0.717, 1.165) is 0 Å². The molecule has 0 aliphatic rings. The largest absolute Gasteiger partial charge is 0.309 e. The molecular formula is C8H15NO2. The first kappa shape index (κ1) is 10.3. The lowest BCUT2D eigenvalue weighted by Crippen LogP contribution is -2.28. The molecule has 0 rings (SSSR count). The van der Waals surface area contributed by atoms with Crippen LogP contribution in [0.15, 0.2) is 0 Å². The zero-order chi connectivity index (χ0) is 8.85. The smallest absolute Gasteiger partial charge is 0.143 e. The van der Waals surface area contributed by atoms with Crippen molar-refractivity contribution in [3.63, 3.8) is 0 Å². The van der Waals surface area contributed by atoms with Crippen molar-refractivity contribution in [1.29, 1.82) is 0 Å². The molecule has 0 saturated carbocycles. The van der Waals surface area contributed by atoms with Gasteiger partial charge in [0.05, 0.1) is 6.54 Å². The van der Waals surface area contributed by atoms with Gasteiger partial charge in [0.15, 0.2) is 0 Å². The van der Waals surface area contributed by atoms with Crippen LogP contribution < -0.4 is 5.32 Å². The normalized spacial score (nSPS) is 12.6. The Bertz CT molecular complexity index is 154. The van der Waals surface area contributed by atoms with E-state index in [9.17, 15) is 9.59 Å². The molecule has 0 fully saturated rings. The van der Waals surface area contributed by atoms with Gasteiger partial charge >= 0.3 is 0 Å². The van der Waals surface area contributed by atoms with Gasteiger partial charge in [-0.1, -0.05) is 6.92 Å². The topological polar surface area (TPSA) is 46.2 Å². The van der Waals surface area contributed by atoms with Crippen LogP contribution in [0.2, 0.25) is 0 Å². The second-order valence-corrected chi connectivity index (χ2v) is 2.84. The summed E-state index contributed by atoms with van der Waals surface area (Å²) in [5.74, 6) is 0.260. The van der Waals surface area contributed by atoms with Crippen molar-refractivity contribution in [2.75, 3.05) is 13.1 Å². The highest BCUT2D eigenvalue weighted by atomic mass is 16.1. The van der Waals surface area contributed by atoms with E-state index < -0.39 is 0 Å². The van der Waals surface area contributed by atoms with Gasteiger partial charge in [0.1, 0.15) is 11.6 Å². The molecule has 3 heteroatoms. The van der Waals surface area contributed by atoms with Gasteiger partial charge in [-0.25, -0.2) is 0 Å². The summed E-state index contributed by atoms with van der Waals surface area (Å²) in [5, 5.41) is 2.90. The van der Waals surface area contributed by atoms with E-state index in [2.05, 4.69) is 5.32 Å². The van der Waals surface area contributed by atoms with Crippen LogP contribution in [-0.4, -0.2) is 24.7 Å². The van der Waals surface area contributed by atoms with Crippen molar-refractivity contribution in [2.24, 2.45) is 5.92 Å². The average molecular weight is 157 g/mol. The van der Waals surface area contributed by atoms with E-state index >= 15 is 0 Å². The maximum atomic E-state index is 10.7. The van der Waals surface area contributed by atoms with Crippen LogP contribution in [0.3, 0.4) is 0 Å². The third-order valence-electron chi connectivity index (χ3n) is 1.52. The average Bonchev–Trinajstić information content (AvgIpc) is 1.86. The number of Topliss-reactive ketones (excluding diaryl/α,β-unsaturated/α-hetero) is 2. The third kappa shape index (κ3) is 5.73. The molecule has 0 aromatic carbocycles. The summed E-state index contributed by atoms with van der Waals surface area (Å²) in [6.07, 6.45) is 0. The number of rotatable bonds is 5. The molecule has 64 valence electrons. The molecule has 1 unspecified atom stereocenters. The van der Waals surface area contributed by atoms with Crippen LogP contribution in [0.4, 0.5) is 0 Å². The lowest BCUT2D eigenvalue weighted by molar-refractivity contribution is -0.120. The summed E-state index contributed by atoms with van der Waals surface area (Å²) in [4.78, 5) is 21.1. The van der Waals surface area contributed by atoms with Crippen molar-refractivity contribution >= 4 is 11.6 Å². The molecule has 0 aliphatic heterocycles. The minimum atomic E-state index is 0.00866. The molecule has 0 aliphatic carbocycles. The Morgan fingerprint density at radius 2 is 1.91 bits per heavy atom. The van der Waals surface area contributed by atoms with Gasteiger partial charge in [-0.3, -0.25) is 9.59 Å². The standard InChI is InChI=1S/C8H15NO2/c1-6(8(3)11)4-9-5-7(2)10/h6,9H,4-5H2,1-3H3. The van der Waals surface area contributed by atoms with Crippen molar-refractivity contribution in [3.8, 4) is 0 Å². The van der Waals surface area contributed by atoms with Crippen LogP contribution >= 0.6 is 0 Å². The van der Waals surface area contributed by atoms with Crippen molar-refractivity contribution < 1.29 is 9.59 Å². The minimum Gasteiger partial charge on any atom is -0.309 e. The molecule has 0 spiro atoms. The van der Waals surface area contributed by atoms with Crippen LogP contribution in [0.25, 0.3) is 0 Å². The highest BCUT2D eigenvalue weighted by Gasteiger charge is 2.05. The zero-order valence-corrected chi connectivity index (χ0v) is 7.31. The van der Waals surface area contributed by atoms with E-state index in [0.29, 0.717) is 13.1 Å². The first-order valence-corrected chi connectivity index (χ1v) is 3.74. The molecule has 11 heavy (non-hydrogen) atoms. The number of ketones is 2. The molecule has 3 nitrogen and oxygen atoms in total. The molecule has 0 aromatic rings. The van der Waals surface area contributed by atoms with Crippen molar-refractivity contribution in [2.45, 2.75) is 20.8 Å². The van der Waals surface area contributed by atoms with E-state index in [1.807, 2.05) is 6.92 Å². The van der Waals surface area contributed by atoms with Crippen LogP contribution in [0.1, 0.15) is 20.8 Å². The second-order valence-electron chi connectivity index (χ2n) is 2.84. The quantitative estimate of drug-likeness (QED) is 0.628. The van der Waals surface area contributed by atoms with Crippen LogP contribution in [-0.2, 0) is 9.59 Å². The van der Waals surface area contributed by atoms with E-state index in [1.165, 1.54) is 6.92 Å². The summed E-state index contributed by atoms with van der Waals surface area (Å²) in [6, 6.07) is 0. The predicted molar refractivity (Wildman–Crippen MR) is 43.4 cm³/mol. The van der Waals surface area contributed by atoms with Gasteiger partial charge in [0, 0.05) is 12.5 Å². The molecular weight excluding hydrogens is 142 g/mol. The molecule has 0 heterocycles. The van der Waals surface area contributed by atoms with Gasteiger partial charge in [0.2, 0.25) is 0 Å². The second kappa shape index (κ2) is 5.02. The zero-order valence-electron chi connectivity index (χ0n) is 7.31. The van der Waals surface area contributed by atoms with Gasteiger partial charge in [-0.15, -0.1) is 0 Å². The Kier molecular flexibility index (Phi) is 4.70. The summed E-state index contributed by atoms with van der Waals surface area (Å²) < 4.78 is 0. The number of hydrogen-bond donors (Lipinski definition) is 1. The Morgan fingerprint density at radius 1 is 1.36 bits per heavy atom. The highest BCUT2D eigenvalue weighted by molar-refractivity contribution is 5.79. The summed E-state index contributed by atoms with van der Waals surface area (Å²) >= 11 is 0.